The third-order valence-electron chi connectivity index (χ3n) is 7.62. The maximum atomic E-state index is 11.7. The minimum atomic E-state index is -1.24. The molecule has 5 N–H and O–H groups in total. The zero-order valence-electron chi connectivity index (χ0n) is 20.0. The predicted octanol–water partition coefficient (Wildman–Crippen LogP) is 0.694. The number of nitro groups is 1. The van der Waals surface area contributed by atoms with Crippen molar-refractivity contribution in [2.45, 2.75) is 75.0 Å². The minimum Gasteiger partial charge on any atom is -0.395 e. The van der Waals surface area contributed by atoms with E-state index in [0.29, 0.717) is 44.1 Å². The van der Waals surface area contributed by atoms with E-state index >= 15 is 0 Å². The summed E-state index contributed by atoms with van der Waals surface area (Å²) in [6.07, 6.45) is 2.17. The number of likely N-dealkylation sites (tertiary alicyclic amines) is 1. The fourth-order valence-electron chi connectivity index (χ4n) is 5.68. The Labute approximate surface area is 205 Å². The highest BCUT2D eigenvalue weighted by Crippen LogP contribution is 2.37. The van der Waals surface area contributed by atoms with Crippen LogP contribution in [0.4, 0.5) is 17.1 Å². The highest BCUT2D eigenvalue weighted by atomic mass is 16.6. The van der Waals surface area contributed by atoms with Gasteiger partial charge in [-0.1, -0.05) is 12.8 Å². The lowest BCUT2D eigenvalue weighted by Gasteiger charge is -2.43. The van der Waals surface area contributed by atoms with Gasteiger partial charge in [0.25, 0.3) is 5.69 Å². The van der Waals surface area contributed by atoms with Gasteiger partial charge in [0, 0.05) is 24.8 Å². The van der Waals surface area contributed by atoms with Crippen LogP contribution in [0.5, 0.6) is 0 Å². The fraction of sp³-hybridized carbons (Fsp3) is 0.750. The van der Waals surface area contributed by atoms with Gasteiger partial charge in [0.05, 0.1) is 49.0 Å². The largest absolute Gasteiger partial charge is 0.395 e. The van der Waals surface area contributed by atoms with Gasteiger partial charge in [-0.2, -0.15) is 0 Å². The van der Waals surface area contributed by atoms with Crippen molar-refractivity contribution in [2.75, 3.05) is 49.7 Å². The van der Waals surface area contributed by atoms with E-state index in [1.54, 1.807) is 12.1 Å². The number of morpholine rings is 1. The number of ether oxygens (including phenoxy) is 1. The normalized spacial score (nSPS) is 31.0. The summed E-state index contributed by atoms with van der Waals surface area (Å²) in [5.74, 6) is 0. The Morgan fingerprint density at radius 1 is 1.06 bits per heavy atom. The second kappa shape index (κ2) is 11.8. The molecule has 0 radical (unpaired) electrons. The van der Waals surface area contributed by atoms with E-state index in [2.05, 4.69) is 10.2 Å². The summed E-state index contributed by atoms with van der Waals surface area (Å²) in [6.45, 7) is 2.51. The number of unbranched alkanes of at least 4 members (excludes halogenated alkanes) is 3. The first kappa shape index (κ1) is 26.1. The topological polar surface area (TPSA) is 152 Å². The molecule has 1 aromatic carbocycles. The van der Waals surface area contributed by atoms with Gasteiger partial charge in [-0.05, 0) is 44.4 Å². The van der Waals surface area contributed by atoms with Gasteiger partial charge in [0.15, 0.2) is 0 Å². The molecule has 3 aliphatic heterocycles. The van der Waals surface area contributed by atoms with E-state index in [1.807, 2.05) is 11.0 Å². The van der Waals surface area contributed by atoms with E-state index in [0.717, 1.165) is 44.2 Å². The highest BCUT2D eigenvalue weighted by molar-refractivity contribution is 5.69. The number of aliphatic hydroxyl groups is 4. The van der Waals surface area contributed by atoms with Crippen molar-refractivity contribution in [3.8, 4) is 0 Å². The van der Waals surface area contributed by atoms with Crippen LogP contribution < -0.4 is 10.2 Å². The van der Waals surface area contributed by atoms with Crippen LogP contribution in [0, 0.1) is 10.1 Å². The van der Waals surface area contributed by atoms with Crippen LogP contribution in [0.3, 0.4) is 0 Å². The Kier molecular flexibility index (Phi) is 8.79. The fourth-order valence-corrected chi connectivity index (χ4v) is 5.68. The summed E-state index contributed by atoms with van der Waals surface area (Å²) < 4.78 is 5.63. The van der Waals surface area contributed by atoms with Crippen LogP contribution in [0.2, 0.25) is 0 Å². The minimum absolute atomic E-state index is 0.0906. The number of rotatable bonds is 11. The van der Waals surface area contributed by atoms with E-state index in [1.165, 1.54) is 0 Å². The maximum Gasteiger partial charge on any atom is 0.294 e. The summed E-state index contributed by atoms with van der Waals surface area (Å²) in [5.41, 5.74) is 1.51. The van der Waals surface area contributed by atoms with Gasteiger partial charge in [-0.3, -0.25) is 15.0 Å². The number of benzene rings is 1. The van der Waals surface area contributed by atoms with Crippen LogP contribution in [0.15, 0.2) is 18.2 Å². The molecular weight excluding hydrogens is 456 g/mol. The number of piperidine rings is 1. The van der Waals surface area contributed by atoms with Crippen molar-refractivity contribution in [3.05, 3.63) is 28.3 Å². The van der Waals surface area contributed by atoms with Gasteiger partial charge >= 0.3 is 0 Å². The first-order valence-electron chi connectivity index (χ1n) is 12.7. The van der Waals surface area contributed by atoms with Crippen molar-refractivity contribution < 1.29 is 30.1 Å². The third kappa shape index (κ3) is 5.87. The summed E-state index contributed by atoms with van der Waals surface area (Å²) >= 11 is 0. The van der Waals surface area contributed by atoms with Crippen molar-refractivity contribution in [3.63, 3.8) is 0 Å². The van der Waals surface area contributed by atoms with Crippen LogP contribution in [-0.4, -0.2) is 106 Å². The molecule has 3 aliphatic rings. The molecule has 2 bridgehead atoms. The molecule has 196 valence electrons. The lowest BCUT2D eigenvalue weighted by atomic mass is 9.94. The number of hydrogen-bond acceptors (Lipinski definition) is 10. The second-order valence-corrected chi connectivity index (χ2v) is 9.92. The Morgan fingerprint density at radius 2 is 1.77 bits per heavy atom. The van der Waals surface area contributed by atoms with Crippen molar-refractivity contribution in [1.29, 1.82) is 0 Å². The Balaban J connectivity index is 1.21. The number of fused-ring (bicyclic) bond motifs is 2. The molecule has 6 atom stereocenters. The molecule has 3 saturated heterocycles. The van der Waals surface area contributed by atoms with Crippen LogP contribution in [0.1, 0.15) is 38.5 Å². The number of aliphatic hydroxyl groups excluding tert-OH is 4. The number of anilines is 2. The number of nitro benzene ring substituents is 1. The molecule has 35 heavy (non-hydrogen) atoms. The standard InChI is InChI=1S/C24H38N4O7/c29-13-21-23(31)24(32)22(30)12-26(21)10-4-2-1-3-9-25-19-8-7-16(11-20(19)28(33)34)27-17-5-6-18(27)15-35-14-17/h7-8,11,17-18,21-25,29-32H,1-6,9-10,12-15H2/t17-,18+,21-,22+,23-,24-/m1/s1. The van der Waals surface area contributed by atoms with Gasteiger partial charge in [-0.15, -0.1) is 0 Å². The van der Waals surface area contributed by atoms with Crippen molar-refractivity contribution in [1.82, 2.24) is 4.90 Å². The molecule has 11 nitrogen and oxygen atoms in total. The monoisotopic (exact) mass is 494 g/mol. The van der Waals surface area contributed by atoms with Gasteiger partial charge in [-0.25, -0.2) is 0 Å². The van der Waals surface area contributed by atoms with Gasteiger partial charge in [0.2, 0.25) is 0 Å². The maximum absolute atomic E-state index is 11.7. The summed E-state index contributed by atoms with van der Waals surface area (Å²) in [7, 11) is 0. The van der Waals surface area contributed by atoms with Gasteiger partial charge in [0.1, 0.15) is 17.9 Å². The molecule has 11 heteroatoms. The SMILES string of the molecule is O=[N+]([O-])c1cc(N2[C@@H]3CC[C@H]2COC3)ccc1NCCCCCCN1C[C@H](O)[C@@H](O)[C@H](O)[C@H]1CO. The average molecular weight is 495 g/mol. The Bertz CT molecular complexity index is 843. The highest BCUT2D eigenvalue weighted by Gasteiger charge is 2.40. The first-order valence-corrected chi connectivity index (χ1v) is 12.7. The molecule has 3 heterocycles. The third-order valence-corrected chi connectivity index (χ3v) is 7.62. The number of hydrogen-bond donors (Lipinski definition) is 5. The molecule has 4 rings (SSSR count). The zero-order chi connectivity index (χ0) is 24.9. The molecule has 0 aromatic heterocycles. The molecule has 0 saturated carbocycles. The summed E-state index contributed by atoms with van der Waals surface area (Å²) in [6, 6.07) is 5.45. The molecule has 0 aliphatic carbocycles. The number of nitrogens with zero attached hydrogens (tertiary/aromatic N) is 3. The summed E-state index contributed by atoms with van der Waals surface area (Å²) in [4.78, 5) is 15.5. The number of β-amino-alcohol motifs (C(OH)–C–C–N with tert-alkyl or cyclic N) is 1. The lowest BCUT2D eigenvalue weighted by molar-refractivity contribution is -0.383. The quantitative estimate of drug-likeness (QED) is 0.169. The van der Waals surface area contributed by atoms with Crippen LogP contribution in [0.25, 0.3) is 0 Å². The average Bonchev–Trinajstić information content (AvgIpc) is 3.09. The smallest absolute Gasteiger partial charge is 0.294 e. The van der Waals surface area contributed by atoms with E-state index < -0.39 is 24.4 Å². The molecule has 3 fully saturated rings. The predicted molar refractivity (Wildman–Crippen MR) is 131 cm³/mol. The van der Waals surface area contributed by atoms with E-state index in [4.69, 9.17) is 4.74 Å². The lowest BCUT2D eigenvalue weighted by Crippen LogP contribution is -2.62. The van der Waals surface area contributed by atoms with Crippen LogP contribution in [-0.2, 0) is 4.74 Å². The van der Waals surface area contributed by atoms with E-state index in [9.17, 15) is 30.5 Å². The molecule has 0 amide bonds. The molecule has 0 spiro atoms. The van der Waals surface area contributed by atoms with Crippen LogP contribution >= 0.6 is 0 Å². The zero-order valence-corrected chi connectivity index (χ0v) is 20.0. The summed E-state index contributed by atoms with van der Waals surface area (Å²) in [5, 5.41) is 54.2. The molecular formula is C24H38N4O7. The van der Waals surface area contributed by atoms with Crippen molar-refractivity contribution in [2.24, 2.45) is 0 Å². The molecule has 0 unspecified atom stereocenters. The van der Waals surface area contributed by atoms with Crippen molar-refractivity contribution >= 4 is 17.1 Å². The Hall–Kier alpha value is -2.02. The Morgan fingerprint density at radius 3 is 2.46 bits per heavy atom. The first-order chi connectivity index (χ1) is 16.9. The van der Waals surface area contributed by atoms with E-state index in [-0.39, 0.29) is 23.8 Å². The molecule has 1 aromatic rings. The second-order valence-electron chi connectivity index (χ2n) is 9.92. The number of nitrogens with one attached hydrogen (secondary N) is 1. The van der Waals surface area contributed by atoms with Gasteiger partial charge < -0.3 is 35.4 Å².